The standard InChI is InChI=1S/C20H22FN3O3S/c1-12(28-15(11-22)10-13-4-6-14(21)7-5-13)16-17(25)18(26)24-8-9-27-20(2,3)19(24)23-16/h4-7,11,25H,1,8-10,22H2,2-3H3/b15-11-. The first-order valence-electron chi connectivity index (χ1n) is 8.73. The van der Waals surface area contributed by atoms with Crippen molar-refractivity contribution in [2.45, 2.75) is 32.4 Å². The average Bonchev–Trinajstić information content (AvgIpc) is 2.65. The number of fused-ring (bicyclic) bond motifs is 1. The second-order valence-electron chi connectivity index (χ2n) is 6.91. The summed E-state index contributed by atoms with van der Waals surface area (Å²) in [6.45, 7) is 8.30. The lowest BCUT2D eigenvalue weighted by molar-refractivity contribution is -0.0566. The molecule has 0 amide bonds. The smallest absolute Gasteiger partial charge is 0.296 e. The van der Waals surface area contributed by atoms with Crippen LogP contribution in [0.15, 0.2) is 46.7 Å². The van der Waals surface area contributed by atoms with Gasteiger partial charge in [0.1, 0.15) is 22.9 Å². The molecule has 2 aromatic rings. The van der Waals surface area contributed by atoms with Gasteiger partial charge in [-0.1, -0.05) is 30.5 Å². The van der Waals surface area contributed by atoms with Crippen molar-refractivity contribution in [1.82, 2.24) is 9.55 Å². The zero-order chi connectivity index (χ0) is 20.5. The SMILES string of the molecule is C=C(S/C(=C\N)Cc1ccc(F)cc1)c1nc2n(c(=O)c1O)CCOC2(C)C. The van der Waals surface area contributed by atoms with E-state index in [2.05, 4.69) is 11.6 Å². The quantitative estimate of drug-likeness (QED) is 0.797. The molecule has 0 saturated carbocycles. The van der Waals surface area contributed by atoms with E-state index in [1.54, 1.807) is 12.1 Å². The molecule has 0 fully saturated rings. The summed E-state index contributed by atoms with van der Waals surface area (Å²) in [5.41, 5.74) is 5.44. The van der Waals surface area contributed by atoms with E-state index in [0.717, 1.165) is 10.5 Å². The number of allylic oxidation sites excluding steroid dienone is 1. The van der Waals surface area contributed by atoms with E-state index in [0.29, 0.717) is 30.3 Å². The maximum absolute atomic E-state index is 13.1. The molecule has 0 bridgehead atoms. The summed E-state index contributed by atoms with van der Waals surface area (Å²) >= 11 is 1.21. The van der Waals surface area contributed by atoms with Crippen LogP contribution >= 0.6 is 11.8 Å². The normalized spacial score (nSPS) is 15.9. The lowest BCUT2D eigenvalue weighted by Crippen LogP contribution is -2.41. The van der Waals surface area contributed by atoms with E-state index in [1.807, 2.05) is 13.8 Å². The molecule has 1 aliphatic rings. The Morgan fingerprint density at radius 2 is 2.14 bits per heavy atom. The van der Waals surface area contributed by atoms with Crippen molar-refractivity contribution in [2.24, 2.45) is 5.73 Å². The first-order chi connectivity index (χ1) is 13.2. The molecule has 148 valence electrons. The summed E-state index contributed by atoms with van der Waals surface area (Å²) < 4.78 is 20.2. The minimum absolute atomic E-state index is 0.110. The molecule has 2 heterocycles. The third-order valence-electron chi connectivity index (χ3n) is 4.46. The Bertz CT molecular complexity index is 997. The fourth-order valence-electron chi connectivity index (χ4n) is 3.00. The molecule has 3 rings (SSSR count). The van der Waals surface area contributed by atoms with Crippen LogP contribution in [0.1, 0.15) is 30.9 Å². The predicted molar refractivity (Wildman–Crippen MR) is 108 cm³/mol. The number of nitrogens with zero attached hydrogens (tertiary/aromatic N) is 2. The Balaban J connectivity index is 1.89. The van der Waals surface area contributed by atoms with Crippen LogP contribution in [0.25, 0.3) is 4.91 Å². The zero-order valence-corrected chi connectivity index (χ0v) is 16.6. The number of aromatic nitrogens is 2. The number of hydrogen-bond acceptors (Lipinski definition) is 6. The van der Waals surface area contributed by atoms with E-state index in [-0.39, 0.29) is 11.5 Å². The zero-order valence-electron chi connectivity index (χ0n) is 15.7. The van der Waals surface area contributed by atoms with Gasteiger partial charge in [0.2, 0.25) is 5.75 Å². The Morgan fingerprint density at radius 3 is 2.79 bits per heavy atom. The number of ether oxygens (including phenoxy) is 1. The molecule has 0 aliphatic carbocycles. The van der Waals surface area contributed by atoms with Crippen LogP contribution in [-0.2, 0) is 23.3 Å². The topological polar surface area (TPSA) is 90.4 Å². The Kier molecular flexibility index (Phi) is 5.62. The number of rotatable bonds is 5. The molecule has 1 aromatic heterocycles. The molecule has 3 N–H and O–H groups in total. The number of thioether (sulfide) groups is 1. The minimum atomic E-state index is -0.758. The van der Waals surface area contributed by atoms with Gasteiger partial charge in [-0.2, -0.15) is 0 Å². The monoisotopic (exact) mass is 403 g/mol. The summed E-state index contributed by atoms with van der Waals surface area (Å²) in [6.07, 6.45) is 1.88. The fourth-order valence-corrected chi connectivity index (χ4v) is 3.86. The Morgan fingerprint density at radius 1 is 1.46 bits per heavy atom. The van der Waals surface area contributed by atoms with E-state index in [1.165, 1.54) is 34.7 Å². The number of hydrogen-bond donors (Lipinski definition) is 2. The maximum atomic E-state index is 13.1. The molecule has 1 aromatic carbocycles. The molecular formula is C20H22FN3O3S. The lowest BCUT2D eigenvalue weighted by Gasteiger charge is -2.32. The first kappa shape index (κ1) is 20.2. The van der Waals surface area contributed by atoms with Crippen LogP contribution in [0, 0.1) is 5.82 Å². The van der Waals surface area contributed by atoms with Gasteiger partial charge in [-0.25, -0.2) is 9.37 Å². The molecule has 1 aliphatic heterocycles. The highest BCUT2D eigenvalue weighted by Gasteiger charge is 2.33. The molecule has 0 atom stereocenters. The highest BCUT2D eigenvalue weighted by Crippen LogP contribution is 2.37. The summed E-state index contributed by atoms with van der Waals surface area (Å²) in [7, 11) is 0. The van der Waals surface area contributed by atoms with Crippen molar-refractivity contribution in [3.63, 3.8) is 0 Å². The molecule has 0 unspecified atom stereocenters. The second kappa shape index (κ2) is 7.81. The number of nitrogens with two attached hydrogens (primary N) is 1. The van der Waals surface area contributed by atoms with Gasteiger partial charge < -0.3 is 15.6 Å². The molecule has 0 saturated heterocycles. The van der Waals surface area contributed by atoms with Gasteiger partial charge in [-0.3, -0.25) is 9.36 Å². The summed E-state index contributed by atoms with van der Waals surface area (Å²) in [5.74, 6) is -0.320. The molecule has 28 heavy (non-hydrogen) atoms. The van der Waals surface area contributed by atoms with Gasteiger partial charge in [0.05, 0.1) is 13.2 Å². The molecule has 0 radical (unpaired) electrons. The fraction of sp³-hybridized carbons (Fsp3) is 0.300. The third-order valence-corrected chi connectivity index (χ3v) is 5.44. The number of halogens is 1. The van der Waals surface area contributed by atoms with E-state index < -0.39 is 16.9 Å². The molecular weight excluding hydrogens is 381 g/mol. The van der Waals surface area contributed by atoms with Gasteiger partial charge in [-0.15, -0.1) is 0 Å². The first-order valence-corrected chi connectivity index (χ1v) is 9.55. The lowest BCUT2D eigenvalue weighted by atomic mass is 10.1. The van der Waals surface area contributed by atoms with Crippen LogP contribution in [0.5, 0.6) is 5.75 Å². The molecule has 6 nitrogen and oxygen atoms in total. The van der Waals surface area contributed by atoms with Crippen molar-refractivity contribution in [1.29, 1.82) is 0 Å². The number of aromatic hydroxyl groups is 1. The van der Waals surface area contributed by atoms with Crippen molar-refractivity contribution >= 4 is 16.7 Å². The van der Waals surface area contributed by atoms with Crippen LogP contribution in [0.3, 0.4) is 0 Å². The summed E-state index contributed by atoms with van der Waals surface area (Å²) in [6, 6.07) is 6.09. The van der Waals surface area contributed by atoms with E-state index in [9.17, 15) is 14.3 Å². The largest absolute Gasteiger partial charge is 0.501 e. The van der Waals surface area contributed by atoms with Gasteiger partial charge in [-0.05, 0) is 31.5 Å². The van der Waals surface area contributed by atoms with Crippen molar-refractivity contribution in [3.8, 4) is 5.75 Å². The van der Waals surface area contributed by atoms with Gasteiger partial charge in [0.15, 0.2) is 0 Å². The summed E-state index contributed by atoms with van der Waals surface area (Å²) in [5, 5.41) is 10.4. The minimum Gasteiger partial charge on any atom is -0.501 e. The molecule has 0 spiro atoms. The van der Waals surface area contributed by atoms with Gasteiger partial charge >= 0.3 is 0 Å². The third kappa shape index (κ3) is 3.98. The highest BCUT2D eigenvalue weighted by molar-refractivity contribution is 8.11. The van der Waals surface area contributed by atoms with Gasteiger partial charge in [0.25, 0.3) is 5.56 Å². The van der Waals surface area contributed by atoms with Crippen LogP contribution < -0.4 is 11.3 Å². The number of benzene rings is 1. The Labute approximate surface area is 166 Å². The van der Waals surface area contributed by atoms with E-state index >= 15 is 0 Å². The average molecular weight is 403 g/mol. The summed E-state index contributed by atoms with van der Waals surface area (Å²) in [4.78, 5) is 18.2. The Hall–Kier alpha value is -2.58. The van der Waals surface area contributed by atoms with Crippen LogP contribution in [-0.4, -0.2) is 21.3 Å². The highest BCUT2D eigenvalue weighted by atomic mass is 32.2. The van der Waals surface area contributed by atoms with E-state index in [4.69, 9.17) is 10.5 Å². The van der Waals surface area contributed by atoms with Crippen LogP contribution in [0.4, 0.5) is 4.39 Å². The maximum Gasteiger partial charge on any atom is 0.296 e. The molecule has 8 heteroatoms. The van der Waals surface area contributed by atoms with Crippen molar-refractivity contribution in [2.75, 3.05) is 6.61 Å². The van der Waals surface area contributed by atoms with Crippen molar-refractivity contribution in [3.05, 3.63) is 75.2 Å². The second-order valence-corrected chi connectivity index (χ2v) is 8.13. The van der Waals surface area contributed by atoms with Crippen molar-refractivity contribution < 1.29 is 14.2 Å². The van der Waals surface area contributed by atoms with Gasteiger partial charge in [0, 0.05) is 22.4 Å². The van der Waals surface area contributed by atoms with Crippen LogP contribution in [0.2, 0.25) is 0 Å². The predicted octanol–water partition coefficient (Wildman–Crippen LogP) is 3.10.